The van der Waals surface area contributed by atoms with Crippen molar-refractivity contribution in [1.82, 2.24) is 0 Å². The Kier molecular flexibility index (Phi) is 12.5. The maximum atomic E-state index is 7.32. The smallest absolute Gasteiger partial charge is 0.00582 e. The van der Waals surface area contributed by atoms with Crippen molar-refractivity contribution in [2.45, 2.75) is 90.9 Å². The number of hydrogen-bond donors (Lipinski definition) is 1. The molecule has 0 aromatic rings. The lowest BCUT2D eigenvalue weighted by atomic mass is 10.0. The van der Waals surface area contributed by atoms with E-state index in [1.165, 1.54) is 70.6 Å². The van der Waals surface area contributed by atoms with Gasteiger partial charge in [0.2, 0.25) is 0 Å². The van der Waals surface area contributed by atoms with Crippen LogP contribution in [0.15, 0.2) is 0 Å². The number of rotatable bonds is 12. The largest absolute Gasteiger partial charge is 0.310 e. The Bertz CT molecular complexity index is 152. The molecule has 0 aliphatic heterocycles. The number of nitrogens with one attached hydrogen (secondary N) is 1. The summed E-state index contributed by atoms with van der Waals surface area (Å²) >= 11 is 0. The van der Waals surface area contributed by atoms with Crippen molar-refractivity contribution in [3.8, 4) is 0 Å². The Morgan fingerprint density at radius 3 is 1.44 bits per heavy atom. The third-order valence-corrected chi connectivity index (χ3v) is 3.16. The number of unbranched alkanes of at least 4 members (excludes halogenated alkanes) is 10. The van der Waals surface area contributed by atoms with E-state index in [2.05, 4.69) is 6.92 Å². The molecule has 0 radical (unpaired) electrons. The van der Waals surface area contributed by atoms with Crippen molar-refractivity contribution < 1.29 is 0 Å². The molecule has 0 bridgehead atoms. The average Bonchev–Trinajstić information content (AvgIpc) is 2.25. The highest BCUT2D eigenvalue weighted by molar-refractivity contribution is 5.78. The first-order valence-electron chi connectivity index (χ1n) is 7.31. The highest BCUT2D eigenvalue weighted by Gasteiger charge is 1.93. The van der Waals surface area contributed by atoms with Crippen molar-refractivity contribution in [2.75, 3.05) is 0 Å². The molecule has 0 aliphatic carbocycles. The van der Waals surface area contributed by atoms with Gasteiger partial charge in [0.1, 0.15) is 0 Å². The second-order valence-corrected chi connectivity index (χ2v) is 5.07. The molecule has 1 heteroatoms. The van der Waals surface area contributed by atoms with Crippen LogP contribution < -0.4 is 0 Å². The van der Waals surface area contributed by atoms with Gasteiger partial charge in [0.15, 0.2) is 0 Å². The van der Waals surface area contributed by atoms with Crippen LogP contribution in [0.2, 0.25) is 0 Å². The van der Waals surface area contributed by atoms with Crippen LogP contribution in [0, 0.1) is 5.41 Å². The van der Waals surface area contributed by atoms with Crippen molar-refractivity contribution in [3.05, 3.63) is 0 Å². The van der Waals surface area contributed by atoms with E-state index in [4.69, 9.17) is 5.41 Å². The predicted octanol–water partition coefficient (Wildman–Crippen LogP) is 5.73. The zero-order valence-electron chi connectivity index (χ0n) is 11.5. The first-order valence-corrected chi connectivity index (χ1v) is 7.31. The Balaban J connectivity index is 2.90. The summed E-state index contributed by atoms with van der Waals surface area (Å²) in [6, 6.07) is 0. The molecule has 0 heterocycles. The van der Waals surface area contributed by atoms with Crippen LogP contribution in [0.25, 0.3) is 0 Å². The highest BCUT2D eigenvalue weighted by Crippen LogP contribution is 2.11. The fraction of sp³-hybridized carbons (Fsp3) is 0.933. The van der Waals surface area contributed by atoms with E-state index in [9.17, 15) is 0 Å². The normalized spacial score (nSPS) is 10.6. The molecule has 96 valence electrons. The van der Waals surface area contributed by atoms with Gasteiger partial charge in [-0.15, -0.1) is 0 Å². The molecule has 1 nitrogen and oxygen atoms in total. The SMILES string of the molecule is CCCCCCCCCCCCCC(C)=N. The molecule has 0 spiro atoms. The standard InChI is InChI=1S/C15H31N/c1-3-4-5-6-7-8-9-10-11-12-13-14-15(2)16/h16H,3-14H2,1-2H3. The van der Waals surface area contributed by atoms with Gasteiger partial charge in [-0.05, 0) is 19.8 Å². The quantitative estimate of drug-likeness (QED) is 0.324. The summed E-state index contributed by atoms with van der Waals surface area (Å²) in [6.45, 7) is 4.19. The van der Waals surface area contributed by atoms with E-state index in [-0.39, 0.29) is 0 Å². The van der Waals surface area contributed by atoms with Gasteiger partial charge >= 0.3 is 0 Å². The Labute approximate surface area is 103 Å². The molecule has 0 atom stereocenters. The molecule has 16 heavy (non-hydrogen) atoms. The van der Waals surface area contributed by atoms with Crippen LogP contribution in [-0.2, 0) is 0 Å². The highest BCUT2D eigenvalue weighted by atomic mass is 14.4. The van der Waals surface area contributed by atoms with Crippen LogP contribution in [0.1, 0.15) is 90.9 Å². The monoisotopic (exact) mass is 225 g/mol. The minimum Gasteiger partial charge on any atom is -0.310 e. The fourth-order valence-electron chi connectivity index (χ4n) is 2.05. The van der Waals surface area contributed by atoms with E-state index in [1.807, 2.05) is 6.92 Å². The first kappa shape index (κ1) is 15.7. The molecule has 0 aromatic heterocycles. The molecular weight excluding hydrogens is 194 g/mol. The average molecular weight is 225 g/mol. The van der Waals surface area contributed by atoms with Crippen LogP contribution in [0.3, 0.4) is 0 Å². The molecule has 0 amide bonds. The van der Waals surface area contributed by atoms with Crippen LogP contribution >= 0.6 is 0 Å². The maximum absolute atomic E-state index is 7.32. The van der Waals surface area contributed by atoms with E-state index < -0.39 is 0 Å². The molecule has 0 unspecified atom stereocenters. The summed E-state index contributed by atoms with van der Waals surface area (Å²) in [6.07, 6.45) is 16.3. The second kappa shape index (κ2) is 12.7. The number of hydrogen-bond acceptors (Lipinski definition) is 1. The topological polar surface area (TPSA) is 23.9 Å². The van der Waals surface area contributed by atoms with Gasteiger partial charge in [-0.1, -0.05) is 71.1 Å². The third-order valence-electron chi connectivity index (χ3n) is 3.16. The lowest BCUT2D eigenvalue weighted by Crippen LogP contribution is -1.88. The van der Waals surface area contributed by atoms with Crippen LogP contribution in [0.4, 0.5) is 0 Å². The third kappa shape index (κ3) is 13.7. The molecule has 0 saturated carbocycles. The zero-order chi connectivity index (χ0) is 12.1. The zero-order valence-corrected chi connectivity index (χ0v) is 11.5. The molecule has 0 fully saturated rings. The second-order valence-electron chi connectivity index (χ2n) is 5.07. The van der Waals surface area contributed by atoms with Crippen molar-refractivity contribution in [1.29, 1.82) is 5.41 Å². The molecule has 1 N–H and O–H groups in total. The first-order chi connectivity index (χ1) is 7.77. The summed E-state index contributed by atoms with van der Waals surface area (Å²) in [5.74, 6) is 0. The van der Waals surface area contributed by atoms with Gasteiger partial charge in [0.25, 0.3) is 0 Å². The summed E-state index contributed by atoms with van der Waals surface area (Å²) in [7, 11) is 0. The molecule has 0 rings (SSSR count). The Morgan fingerprint density at radius 1 is 0.688 bits per heavy atom. The molecule has 0 aromatic carbocycles. The van der Waals surface area contributed by atoms with Crippen molar-refractivity contribution in [3.63, 3.8) is 0 Å². The fourth-order valence-corrected chi connectivity index (χ4v) is 2.05. The molecular formula is C15H31N. The molecule has 0 aliphatic rings. The van der Waals surface area contributed by atoms with Crippen LogP contribution in [0.5, 0.6) is 0 Å². The Hall–Kier alpha value is -0.330. The summed E-state index contributed by atoms with van der Waals surface area (Å²) in [5.41, 5.74) is 0.843. The lowest BCUT2D eigenvalue weighted by molar-refractivity contribution is 0.551. The maximum Gasteiger partial charge on any atom is 0.00582 e. The van der Waals surface area contributed by atoms with Gasteiger partial charge in [-0.2, -0.15) is 0 Å². The van der Waals surface area contributed by atoms with E-state index >= 15 is 0 Å². The van der Waals surface area contributed by atoms with Gasteiger partial charge < -0.3 is 5.41 Å². The summed E-state index contributed by atoms with van der Waals surface area (Å²) in [5, 5.41) is 7.32. The van der Waals surface area contributed by atoms with Gasteiger partial charge in [-0.25, -0.2) is 0 Å². The minimum atomic E-state index is 0.843. The van der Waals surface area contributed by atoms with Crippen LogP contribution in [-0.4, -0.2) is 5.71 Å². The Morgan fingerprint density at radius 2 is 1.06 bits per heavy atom. The van der Waals surface area contributed by atoms with Gasteiger partial charge in [0, 0.05) is 5.71 Å². The van der Waals surface area contributed by atoms with Crippen molar-refractivity contribution in [2.24, 2.45) is 0 Å². The van der Waals surface area contributed by atoms with E-state index in [0.29, 0.717) is 0 Å². The van der Waals surface area contributed by atoms with Gasteiger partial charge in [-0.3, -0.25) is 0 Å². The van der Waals surface area contributed by atoms with E-state index in [1.54, 1.807) is 0 Å². The van der Waals surface area contributed by atoms with Crippen molar-refractivity contribution >= 4 is 5.71 Å². The summed E-state index contributed by atoms with van der Waals surface area (Å²) in [4.78, 5) is 0. The predicted molar refractivity (Wildman–Crippen MR) is 74.5 cm³/mol. The molecule has 0 saturated heterocycles. The lowest BCUT2D eigenvalue weighted by Gasteiger charge is -2.02. The van der Waals surface area contributed by atoms with Gasteiger partial charge in [0.05, 0.1) is 0 Å². The van der Waals surface area contributed by atoms with E-state index in [0.717, 1.165) is 12.1 Å². The minimum absolute atomic E-state index is 0.843. The summed E-state index contributed by atoms with van der Waals surface area (Å²) < 4.78 is 0.